The summed E-state index contributed by atoms with van der Waals surface area (Å²) in [6, 6.07) is -0.155. The highest BCUT2D eigenvalue weighted by Gasteiger charge is 2.27. The lowest BCUT2D eigenvalue weighted by molar-refractivity contribution is -0.135. The lowest BCUT2D eigenvalue weighted by Crippen LogP contribution is -2.49. The minimum atomic E-state index is -0.403. The number of hydrogen-bond acceptors (Lipinski definition) is 3. The fourth-order valence-corrected chi connectivity index (χ4v) is 3.16. The maximum atomic E-state index is 12.1. The number of hydrogen-bond donors (Lipinski definition) is 2. The van der Waals surface area contributed by atoms with Gasteiger partial charge in [0.25, 0.3) is 0 Å². The van der Waals surface area contributed by atoms with Crippen LogP contribution in [0.1, 0.15) is 46.0 Å². The summed E-state index contributed by atoms with van der Waals surface area (Å²) in [4.78, 5) is 26.1. The second kappa shape index (κ2) is 7.07. The number of carbonyl (C=O) groups is 2. The van der Waals surface area contributed by atoms with Gasteiger partial charge < -0.3 is 15.5 Å². The van der Waals surface area contributed by atoms with Crippen molar-refractivity contribution in [3.05, 3.63) is 0 Å². The van der Waals surface area contributed by atoms with Crippen LogP contribution < -0.4 is 10.6 Å². The second-order valence-corrected chi connectivity index (χ2v) is 6.21. The molecule has 2 amide bonds. The monoisotopic (exact) mass is 281 g/mol. The number of amides is 2. The fraction of sp³-hybridized carbons (Fsp3) is 0.867. The minimum Gasteiger partial charge on any atom is -0.345 e. The zero-order valence-corrected chi connectivity index (χ0v) is 12.7. The molecule has 5 nitrogen and oxygen atoms in total. The number of rotatable bonds is 4. The minimum absolute atomic E-state index is 0.0173. The molecule has 0 radical (unpaired) electrons. The van der Waals surface area contributed by atoms with E-state index in [1.807, 2.05) is 4.90 Å². The van der Waals surface area contributed by atoms with Crippen molar-refractivity contribution in [1.82, 2.24) is 15.5 Å². The van der Waals surface area contributed by atoms with Crippen LogP contribution in [0.2, 0.25) is 0 Å². The van der Waals surface area contributed by atoms with Crippen molar-refractivity contribution in [2.75, 3.05) is 19.6 Å². The first-order valence-corrected chi connectivity index (χ1v) is 7.89. The molecule has 2 fully saturated rings. The summed E-state index contributed by atoms with van der Waals surface area (Å²) in [6.45, 7) is 6.63. The number of piperidine rings is 1. The van der Waals surface area contributed by atoms with Crippen molar-refractivity contribution in [2.45, 2.75) is 58.0 Å². The summed E-state index contributed by atoms with van der Waals surface area (Å²) in [5.41, 5.74) is 0. The maximum Gasteiger partial charge on any atom is 0.244 e. The van der Waals surface area contributed by atoms with Gasteiger partial charge in [0.15, 0.2) is 0 Å². The number of nitrogens with one attached hydrogen (secondary N) is 2. The summed E-state index contributed by atoms with van der Waals surface area (Å²) in [6.07, 6.45) is 4.99. The van der Waals surface area contributed by atoms with Crippen LogP contribution >= 0.6 is 0 Å². The van der Waals surface area contributed by atoms with Crippen LogP contribution in [-0.4, -0.2) is 48.4 Å². The van der Waals surface area contributed by atoms with Crippen LogP contribution in [0.25, 0.3) is 0 Å². The molecule has 20 heavy (non-hydrogen) atoms. The van der Waals surface area contributed by atoms with Crippen LogP contribution in [0, 0.1) is 5.92 Å². The average molecular weight is 281 g/mol. The summed E-state index contributed by atoms with van der Waals surface area (Å²) in [5.74, 6) is 0.566. The molecule has 2 N–H and O–H groups in total. The topological polar surface area (TPSA) is 61.4 Å². The van der Waals surface area contributed by atoms with E-state index in [0.717, 1.165) is 32.5 Å². The molecule has 0 saturated carbocycles. The molecule has 0 aliphatic carbocycles. The Bertz CT molecular complexity index is 353. The number of nitrogens with zero attached hydrogens (tertiary/aromatic N) is 1. The Balaban J connectivity index is 1.76. The predicted molar refractivity (Wildman–Crippen MR) is 78.2 cm³/mol. The first kappa shape index (κ1) is 15.3. The number of carbonyl (C=O) groups excluding carboxylic acids is 2. The third-order valence-electron chi connectivity index (χ3n) is 4.50. The van der Waals surface area contributed by atoms with Crippen LogP contribution in [0.4, 0.5) is 0 Å². The van der Waals surface area contributed by atoms with Gasteiger partial charge in [0.2, 0.25) is 11.8 Å². The van der Waals surface area contributed by atoms with E-state index in [-0.39, 0.29) is 17.9 Å². The van der Waals surface area contributed by atoms with Crippen molar-refractivity contribution in [3.8, 4) is 0 Å². The molecule has 2 aliphatic rings. The molecule has 0 aromatic heterocycles. The zero-order valence-electron chi connectivity index (χ0n) is 12.7. The highest BCUT2D eigenvalue weighted by molar-refractivity contribution is 5.87. The average Bonchev–Trinajstić information content (AvgIpc) is 2.94. The molecular formula is C15H27N3O2. The molecule has 2 aliphatic heterocycles. The standard InChI is InChI=1S/C15H27N3O2/c1-11-6-5-7-16-13(11)10-14(19)17-12(2)15(20)18-8-3-4-9-18/h11-13,16H,3-10H2,1-2H3,(H,17,19). The molecule has 0 aromatic rings. The van der Waals surface area contributed by atoms with E-state index in [2.05, 4.69) is 17.6 Å². The smallest absolute Gasteiger partial charge is 0.244 e. The van der Waals surface area contributed by atoms with E-state index in [9.17, 15) is 9.59 Å². The SMILES string of the molecule is CC(NC(=O)CC1NCCCC1C)C(=O)N1CCCC1. The summed E-state index contributed by atoms with van der Waals surface area (Å²) in [5, 5.41) is 6.26. The van der Waals surface area contributed by atoms with Crippen LogP contribution in [0.3, 0.4) is 0 Å². The van der Waals surface area contributed by atoms with Crippen molar-refractivity contribution in [1.29, 1.82) is 0 Å². The van der Waals surface area contributed by atoms with Gasteiger partial charge in [-0.2, -0.15) is 0 Å². The zero-order chi connectivity index (χ0) is 14.5. The van der Waals surface area contributed by atoms with Gasteiger partial charge in [-0.15, -0.1) is 0 Å². The molecule has 3 unspecified atom stereocenters. The molecule has 2 saturated heterocycles. The second-order valence-electron chi connectivity index (χ2n) is 6.21. The van der Waals surface area contributed by atoms with Gasteiger partial charge in [-0.1, -0.05) is 6.92 Å². The lowest BCUT2D eigenvalue weighted by Gasteiger charge is -2.30. The highest BCUT2D eigenvalue weighted by Crippen LogP contribution is 2.18. The normalized spacial score (nSPS) is 28.2. The first-order valence-electron chi connectivity index (χ1n) is 7.89. The first-order chi connectivity index (χ1) is 9.58. The molecule has 0 spiro atoms. The van der Waals surface area contributed by atoms with Crippen molar-refractivity contribution < 1.29 is 9.59 Å². The molecule has 3 atom stereocenters. The van der Waals surface area contributed by atoms with Gasteiger partial charge in [0.1, 0.15) is 6.04 Å². The summed E-state index contributed by atoms with van der Waals surface area (Å²) in [7, 11) is 0. The lowest BCUT2D eigenvalue weighted by atomic mass is 9.90. The molecule has 0 aromatic carbocycles. The van der Waals surface area contributed by atoms with Crippen LogP contribution in [0.5, 0.6) is 0 Å². The predicted octanol–water partition coefficient (Wildman–Crippen LogP) is 0.892. The maximum absolute atomic E-state index is 12.1. The molecule has 2 rings (SSSR count). The van der Waals surface area contributed by atoms with Crippen LogP contribution in [-0.2, 0) is 9.59 Å². The fourth-order valence-electron chi connectivity index (χ4n) is 3.16. The summed E-state index contributed by atoms with van der Waals surface area (Å²) >= 11 is 0. The van der Waals surface area contributed by atoms with Crippen molar-refractivity contribution in [3.63, 3.8) is 0 Å². The van der Waals surface area contributed by atoms with E-state index < -0.39 is 6.04 Å². The van der Waals surface area contributed by atoms with Crippen molar-refractivity contribution >= 4 is 11.8 Å². The summed E-state index contributed by atoms with van der Waals surface area (Å²) < 4.78 is 0. The molecular weight excluding hydrogens is 254 g/mol. The van der Waals surface area contributed by atoms with E-state index in [4.69, 9.17) is 0 Å². The van der Waals surface area contributed by atoms with E-state index in [1.54, 1.807) is 6.92 Å². The molecule has 114 valence electrons. The Morgan fingerprint density at radius 3 is 2.65 bits per heavy atom. The van der Waals surface area contributed by atoms with E-state index >= 15 is 0 Å². The van der Waals surface area contributed by atoms with Gasteiger partial charge in [-0.25, -0.2) is 0 Å². The van der Waals surface area contributed by atoms with Crippen molar-refractivity contribution in [2.24, 2.45) is 5.92 Å². The van der Waals surface area contributed by atoms with E-state index in [0.29, 0.717) is 12.3 Å². The van der Waals surface area contributed by atoms with Gasteiger partial charge in [-0.05, 0) is 45.1 Å². The Kier molecular flexibility index (Phi) is 5.40. The Labute approximate surface area is 121 Å². The molecule has 2 heterocycles. The van der Waals surface area contributed by atoms with Gasteiger partial charge in [0.05, 0.1) is 0 Å². The van der Waals surface area contributed by atoms with Crippen LogP contribution in [0.15, 0.2) is 0 Å². The van der Waals surface area contributed by atoms with Gasteiger partial charge in [-0.3, -0.25) is 9.59 Å². The third-order valence-corrected chi connectivity index (χ3v) is 4.50. The van der Waals surface area contributed by atoms with E-state index in [1.165, 1.54) is 12.8 Å². The Morgan fingerprint density at radius 2 is 2.00 bits per heavy atom. The Hall–Kier alpha value is -1.10. The Morgan fingerprint density at radius 1 is 1.30 bits per heavy atom. The molecule has 5 heteroatoms. The van der Waals surface area contributed by atoms with Gasteiger partial charge >= 0.3 is 0 Å². The molecule has 0 bridgehead atoms. The number of likely N-dealkylation sites (tertiary alicyclic amines) is 1. The highest BCUT2D eigenvalue weighted by atomic mass is 16.2. The third kappa shape index (κ3) is 3.95. The largest absolute Gasteiger partial charge is 0.345 e. The van der Waals surface area contributed by atoms with Gasteiger partial charge in [0, 0.05) is 25.6 Å². The quantitative estimate of drug-likeness (QED) is 0.804.